The predicted octanol–water partition coefficient (Wildman–Crippen LogP) is 2.06. The van der Waals surface area contributed by atoms with Crippen LogP contribution in [-0.2, 0) is 9.53 Å². The van der Waals surface area contributed by atoms with Crippen molar-refractivity contribution in [2.24, 2.45) is 5.92 Å². The molecule has 0 spiro atoms. The molecule has 2 rings (SSSR count). The Balaban J connectivity index is 2.43. The molecular weight excluding hydrogens is 262 g/mol. The lowest BCUT2D eigenvalue weighted by molar-refractivity contribution is -0.117. The number of methoxy groups -OCH3 is 1. The number of aryl methyl sites for hydroxylation is 1. The normalized spacial score (nSPS) is 18.8. The van der Waals surface area contributed by atoms with Gasteiger partial charge >= 0.3 is 5.97 Å². The van der Waals surface area contributed by atoms with Gasteiger partial charge in [-0.2, -0.15) is 12.6 Å². The molecule has 4 nitrogen and oxygen atoms in total. The first-order chi connectivity index (χ1) is 9.08. The summed E-state index contributed by atoms with van der Waals surface area (Å²) in [6, 6.07) is 5.48. The molecule has 0 bridgehead atoms. The zero-order valence-electron chi connectivity index (χ0n) is 11.0. The Bertz CT molecular complexity index is 515. The minimum atomic E-state index is -0.407. The SMILES string of the molecule is COC(=O)c1c(C)cccc1N1CC(CS)CC1=O. The van der Waals surface area contributed by atoms with Crippen LogP contribution in [0.15, 0.2) is 18.2 Å². The third-order valence-corrected chi connectivity index (χ3v) is 3.91. The van der Waals surface area contributed by atoms with E-state index in [9.17, 15) is 9.59 Å². The highest BCUT2D eigenvalue weighted by Gasteiger charge is 2.32. The van der Waals surface area contributed by atoms with E-state index in [2.05, 4.69) is 12.6 Å². The summed E-state index contributed by atoms with van der Waals surface area (Å²) >= 11 is 4.24. The van der Waals surface area contributed by atoms with E-state index in [0.29, 0.717) is 30.0 Å². The van der Waals surface area contributed by atoms with Crippen molar-refractivity contribution in [1.82, 2.24) is 0 Å². The van der Waals surface area contributed by atoms with Crippen molar-refractivity contribution in [3.05, 3.63) is 29.3 Å². The first-order valence-corrected chi connectivity index (χ1v) is 6.81. The largest absolute Gasteiger partial charge is 0.465 e. The minimum absolute atomic E-state index is 0.0369. The van der Waals surface area contributed by atoms with Crippen LogP contribution in [0.2, 0.25) is 0 Å². The van der Waals surface area contributed by atoms with Gasteiger partial charge in [-0.1, -0.05) is 12.1 Å². The van der Waals surface area contributed by atoms with Crippen molar-refractivity contribution in [3.63, 3.8) is 0 Å². The van der Waals surface area contributed by atoms with Gasteiger partial charge in [0, 0.05) is 13.0 Å². The lowest BCUT2D eigenvalue weighted by Gasteiger charge is -2.20. The van der Waals surface area contributed by atoms with Crippen molar-refractivity contribution in [2.45, 2.75) is 13.3 Å². The molecule has 1 aliphatic heterocycles. The first-order valence-electron chi connectivity index (χ1n) is 6.17. The zero-order valence-corrected chi connectivity index (χ0v) is 11.9. The van der Waals surface area contributed by atoms with Crippen LogP contribution in [0.4, 0.5) is 5.69 Å². The number of amides is 1. The molecule has 19 heavy (non-hydrogen) atoms. The van der Waals surface area contributed by atoms with Crippen molar-refractivity contribution in [1.29, 1.82) is 0 Å². The molecule has 1 unspecified atom stereocenters. The number of benzene rings is 1. The number of carbonyl (C=O) groups is 2. The monoisotopic (exact) mass is 279 g/mol. The molecule has 5 heteroatoms. The summed E-state index contributed by atoms with van der Waals surface area (Å²) in [4.78, 5) is 25.6. The molecule has 1 aliphatic rings. The van der Waals surface area contributed by atoms with Crippen LogP contribution in [0, 0.1) is 12.8 Å². The number of anilines is 1. The number of thiol groups is 1. The van der Waals surface area contributed by atoms with E-state index >= 15 is 0 Å². The van der Waals surface area contributed by atoms with Gasteiger partial charge in [0.25, 0.3) is 0 Å². The second-order valence-corrected chi connectivity index (χ2v) is 5.08. The van der Waals surface area contributed by atoms with Crippen LogP contribution in [0.3, 0.4) is 0 Å². The van der Waals surface area contributed by atoms with Crippen LogP contribution < -0.4 is 4.90 Å². The highest BCUT2D eigenvalue weighted by atomic mass is 32.1. The number of hydrogen-bond donors (Lipinski definition) is 1. The predicted molar refractivity (Wildman–Crippen MR) is 76.8 cm³/mol. The number of esters is 1. The van der Waals surface area contributed by atoms with Crippen molar-refractivity contribution < 1.29 is 14.3 Å². The first kappa shape index (κ1) is 13.9. The smallest absolute Gasteiger partial charge is 0.340 e. The van der Waals surface area contributed by atoms with Crippen molar-refractivity contribution in [3.8, 4) is 0 Å². The van der Waals surface area contributed by atoms with Gasteiger partial charge in [-0.15, -0.1) is 0 Å². The highest BCUT2D eigenvalue weighted by Crippen LogP contribution is 2.30. The maximum absolute atomic E-state index is 12.1. The van der Waals surface area contributed by atoms with Crippen LogP contribution >= 0.6 is 12.6 Å². The van der Waals surface area contributed by atoms with E-state index in [1.807, 2.05) is 19.1 Å². The average molecular weight is 279 g/mol. The molecule has 1 saturated heterocycles. The molecule has 0 N–H and O–H groups in total. The molecular formula is C14H17NO3S. The van der Waals surface area contributed by atoms with Gasteiger partial charge in [-0.3, -0.25) is 4.79 Å². The van der Waals surface area contributed by atoms with E-state index in [1.165, 1.54) is 7.11 Å². The molecule has 0 saturated carbocycles. The summed E-state index contributed by atoms with van der Waals surface area (Å²) in [5.74, 6) is 0.536. The molecule has 1 heterocycles. The van der Waals surface area contributed by atoms with Gasteiger partial charge in [-0.05, 0) is 30.2 Å². The van der Waals surface area contributed by atoms with Crippen LogP contribution in [0.5, 0.6) is 0 Å². The minimum Gasteiger partial charge on any atom is -0.465 e. The molecule has 0 aromatic heterocycles. The number of ether oxygens (including phenoxy) is 1. The average Bonchev–Trinajstić information content (AvgIpc) is 2.79. The van der Waals surface area contributed by atoms with Gasteiger partial charge in [0.1, 0.15) is 0 Å². The Morgan fingerprint density at radius 2 is 2.26 bits per heavy atom. The Kier molecular flexibility index (Phi) is 4.14. The summed E-state index contributed by atoms with van der Waals surface area (Å²) in [5, 5.41) is 0. The molecule has 1 fully saturated rings. The number of nitrogens with zero attached hydrogens (tertiary/aromatic N) is 1. The molecule has 0 radical (unpaired) electrons. The van der Waals surface area contributed by atoms with Crippen LogP contribution in [0.25, 0.3) is 0 Å². The molecule has 1 atom stereocenters. The van der Waals surface area contributed by atoms with Gasteiger partial charge in [-0.25, -0.2) is 4.79 Å². The summed E-state index contributed by atoms with van der Waals surface area (Å²) in [5.41, 5.74) is 1.92. The van der Waals surface area contributed by atoms with E-state index in [1.54, 1.807) is 11.0 Å². The lowest BCUT2D eigenvalue weighted by atomic mass is 10.1. The number of rotatable bonds is 3. The Labute approximate surface area is 118 Å². The Morgan fingerprint density at radius 1 is 1.53 bits per heavy atom. The van der Waals surface area contributed by atoms with Gasteiger partial charge < -0.3 is 9.64 Å². The third-order valence-electron chi connectivity index (χ3n) is 3.39. The summed E-state index contributed by atoms with van der Waals surface area (Å²) in [7, 11) is 1.35. The second-order valence-electron chi connectivity index (χ2n) is 4.72. The summed E-state index contributed by atoms with van der Waals surface area (Å²) in [6.07, 6.45) is 0.484. The molecule has 1 amide bonds. The molecule has 102 valence electrons. The van der Waals surface area contributed by atoms with Gasteiger partial charge in [0.05, 0.1) is 18.4 Å². The van der Waals surface area contributed by atoms with Crippen molar-refractivity contribution >= 4 is 30.2 Å². The van der Waals surface area contributed by atoms with Gasteiger partial charge in [0.2, 0.25) is 5.91 Å². The topological polar surface area (TPSA) is 46.6 Å². The van der Waals surface area contributed by atoms with E-state index in [-0.39, 0.29) is 11.8 Å². The van der Waals surface area contributed by atoms with Crippen LogP contribution in [-0.4, -0.2) is 31.3 Å². The number of hydrogen-bond acceptors (Lipinski definition) is 4. The maximum Gasteiger partial charge on any atom is 0.340 e. The fourth-order valence-electron chi connectivity index (χ4n) is 2.38. The molecule has 0 aliphatic carbocycles. The summed E-state index contributed by atoms with van der Waals surface area (Å²) in [6.45, 7) is 2.45. The maximum atomic E-state index is 12.1. The fourth-order valence-corrected chi connectivity index (χ4v) is 2.63. The van der Waals surface area contributed by atoms with Gasteiger partial charge in [0.15, 0.2) is 0 Å². The molecule has 1 aromatic rings. The lowest BCUT2D eigenvalue weighted by Crippen LogP contribution is -2.27. The third kappa shape index (κ3) is 2.61. The van der Waals surface area contributed by atoms with E-state index < -0.39 is 5.97 Å². The summed E-state index contributed by atoms with van der Waals surface area (Å²) < 4.78 is 4.81. The van der Waals surface area contributed by atoms with E-state index in [4.69, 9.17) is 4.74 Å². The second kappa shape index (κ2) is 5.65. The number of carbonyl (C=O) groups excluding carboxylic acids is 2. The standard InChI is InChI=1S/C14H17NO3S/c1-9-4-3-5-11(13(9)14(17)18-2)15-7-10(8-19)6-12(15)16/h3-5,10,19H,6-8H2,1-2H3. The Hall–Kier alpha value is -1.49. The van der Waals surface area contributed by atoms with E-state index in [0.717, 1.165) is 5.56 Å². The van der Waals surface area contributed by atoms with Crippen LogP contribution in [0.1, 0.15) is 22.3 Å². The quantitative estimate of drug-likeness (QED) is 0.680. The Morgan fingerprint density at radius 3 is 2.84 bits per heavy atom. The van der Waals surface area contributed by atoms with Crippen molar-refractivity contribution in [2.75, 3.05) is 24.3 Å². The highest BCUT2D eigenvalue weighted by molar-refractivity contribution is 7.80. The zero-order chi connectivity index (χ0) is 14.0. The molecule has 1 aromatic carbocycles. The fraction of sp³-hybridized carbons (Fsp3) is 0.429.